The Morgan fingerprint density at radius 1 is 0.457 bits per heavy atom. The number of hydrogen-bond acceptors (Lipinski definition) is 5. The van der Waals surface area contributed by atoms with E-state index < -0.39 is 0 Å². The first-order chi connectivity index (χ1) is 22.3. The molecular weight excluding hydrogens is 571 g/mol. The SMILES string of the molecule is Cc1cc(C)c(B(c2ccc(C#Cc3ccc4c(c3)OCCOCCOCCOCCO4)cc2)c2c(C)cc(C)cc2C)c(C)c1. The first-order valence-corrected chi connectivity index (χ1v) is 16.2. The summed E-state index contributed by atoms with van der Waals surface area (Å²) < 4.78 is 28.7. The Labute approximate surface area is 275 Å². The van der Waals surface area contributed by atoms with E-state index in [1.807, 2.05) is 18.2 Å². The van der Waals surface area contributed by atoms with E-state index in [-0.39, 0.29) is 6.71 Å². The summed E-state index contributed by atoms with van der Waals surface area (Å²) in [6, 6.07) is 23.8. The molecule has 0 aliphatic carbocycles. The first kappa shape index (κ1) is 33.4. The highest BCUT2D eigenvalue weighted by Gasteiger charge is 2.28. The van der Waals surface area contributed by atoms with Crippen molar-refractivity contribution in [3.05, 3.63) is 111 Å². The van der Waals surface area contributed by atoms with Gasteiger partial charge in [0, 0.05) is 11.1 Å². The normalized spacial score (nSPS) is 14.4. The van der Waals surface area contributed by atoms with Gasteiger partial charge in [0.2, 0.25) is 6.71 Å². The molecule has 0 N–H and O–H groups in total. The van der Waals surface area contributed by atoms with Gasteiger partial charge in [0.15, 0.2) is 11.5 Å². The Kier molecular flexibility index (Phi) is 11.6. The van der Waals surface area contributed by atoms with Crippen LogP contribution in [0.4, 0.5) is 0 Å². The van der Waals surface area contributed by atoms with E-state index in [1.54, 1.807) is 0 Å². The molecule has 0 bridgehead atoms. The fourth-order valence-electron chi connectivity index (χ4n) is 6.45. The van der Waals surface area contributed by atoms with E-state index in [1.165, 1.54) is 49.8 Å². The van der Waals surface area contributed by atoms with Gasteiger partial charge >= 0.3 is 0 Å². The third-order valence-corrected chi connectivity index (χ3v) is 8.31. The molecule has 1 aliphatic rings. The molecule has 1 aliphatic heterocycles. The average molecular weight is 617 g/mol. The molecule has 0 atom stereocenters. The van der Waals surface area contributed by atoms with Gasteiger partial charge in [0.05, 0.1) is 39.6 Å². The fraction of sp³-hybridized carbons (Fsp3) is 0.350. The highest BCUT2D eigenvalue weighted by molar-refractivity contribution is 6.96. The monoisotopic (exact) mass is 616 g/mol. The van der Waals surface area contributed by atoms with Crippen LogP contribution in [0.3, 0.4) is 0 Å². The molecule has 1 heterocycles. The van der Waals surface area contributed by atoms with Crippen LogP contribution in [0.2, 0.25) is 0 Å². The van der Waals surface area contributed by atoms with E-state index in [4.69, 9.17) is 23.7 Å². The number of hydrogen-bond donors (Lipinski definition) is 0. The number of benzene rings is 4. The molecule has 0 fully saturated rings. The maximum Gasteiger partial charge on any atom is 0.242 e. The first-order valence-electron chi connectivity index (χ1n) is 16.2. The van der Waals surface area contributed by atoms with E-state index in [0.29, 0.717) is 64.4 Å². The summed E-state index contributed by atoms with van der Waals surface area (Å²) in [5, 5.41) is 0. The van der Waals surface area contributed by atoms with Gasteiger partial charge in [0.25, 0.3) is 0 Å². The van der Waals surface area contributed by atoms with Gasteiger partial charge in [-0.05, 0) is 71.9 Å². The van der Waals surface area contributed by atoms with Crippen molar-refractivity contribution in [2.75, 3.05) is 52.9 Å². The van der Waals surface area contributed by atoms with E-state index in [0.717, 1.165) is 11.1 Å². The standard InChI is InChI=1S/C40H45BO5/c1-28-23-30(3)39(31(4)24-28)41(40-32(5)25-29(2)26-33(40)6)36-12-9-34(10-13-36)7-8-35-11-14-37-38(27-35)46-22-20-44-18-16-42-15-17-43-19-21-45-37/h9-14,23-27H,15-22H2,1-6H3. The Balaban J connectivity index is 1.41. The maximum atomic E-state index is 6.04. The lowest BCUT2D eigenvalue weighted by Gasteiger charge is -2.24. The van der Waals surface area contributed by atoms with Crippen molar-refractivity contribution >= 4 is 23.1 Å². The fourth-order valence-corrected chi connectivity index (χ4v) is 6.45. The van der Waals surface area contributed by atoms with Crippen LogP contribution >= 0.6 is 0 Å². The van der Waals surface area contributed by atoms with Crippen molar-refractivity contribution in [3.8, 4) is 23.3 Å². The lowest BCUT2D eigenvalue weighted by molar-refractivity contribution is 0.00708. The van der Waals surface area contributed by atoms with Gasteiger partial charge in [-0.25, -0.2) is 0 Å². The van der Waals surface area contributed by atoms with Crippen molar-refractivity contribution in [2.24, 2.45) is 0 Å². The second-order valence-corrected chi connectivity index (χ2v) is 12.1. The van der Waals surface area contributed by atoms with Gasteiger partial charge < -0.3 is 23.7 Å². The van der Waals surface area contributed by atoms with Crippen LogP contribution in [0, 0.1) is 53.4 Å². The zero-order valence-corrected chi connectivity index (χ0v) is 28.1. The van der Waals surface area contributed by atoms with Gasteiger partial charge in [-0.1, -0.05) is 98.0 Å². The molecule has 0 saturated carbocycles. The number of fused-ring (bicyclic) bond motifs is 1. The van der Waals surface area contributed by atoms with E-state index in [2.05, 4.69) is 102 Å². The van der Waals surface area contributed by atoms with Crippen molar-refractivity contribution in [1.29, 1.82) is 0 Å². The summed E-state index contributed by atoms with van der Waals surface area (Å²) in [5.74, 6) is 8.00. The zero-order valence-electron chi connectivity index (χ0n) is 28.1. The highest BCUT2D eigenvalue weighted by atomic mass is 16.6. The molecule has 0 unspecified atom stereocenters. The third-order valence-electron chi connectivity index (χ3n) is 8.31. The van der Waals surface area contributed by atoms with Gasteiger partial charge in [-0.15, -0.1) is 0 Å². The summed E-state index contributed by atoms with van der Waals surface area (Å²) in [6.45, 7) is 17.3. The molecule has 5 nitrogen and oxygen atoms in total. The minimum absolute atomic E-state index is 0.135. The van der Waals surface area contributed by atoms with Crippen LogP contribution in [-0.4, -0.2) is 59.6 Å². The minimum atomic E-state index is 0.135. The van der Waals surface area contributed by atoms with Crippen LogP contribution in [0.1, 0.15) is 44.5 Å². The van der Waals surface area contributed by atoms with Crippen molar-refractivity contribution in [3.63, 3.8) is 0 Å². The molecule has 0 saturated heterocycles. The molecular formula is C40H45BO5. The molecule has 0 aromatic heterocycles. The molecule has 5 rings (SSSR count). The molecule has 0 spiro atoms. The molecule has 238 valence electrons. The predicted octanol–water partition coefficient (Wildman–Crippen LogP) is 5.27. The molecule has 6 heteroatoms. The maximum absolute atomic E-state index is 6.04. The average Bonchev–Trinajstić information content (AvgIpc) is 3.02. The topological polar surface area (TPSA) is 46.2 Å². The van der Waals surface area contributed by atoms with Crippen LogP contribution in [-0.2, 0) is 14.2 Å². The summed E-state index contributed by atoms with van der Waals surface area (Å²) >= 11 is 0. The van der Waals surface area contributed by atoms with E-state index >= 15 is 0 Å². The van der Waals surface area contributed by atoms with Crippen LogP contribution in [0.15, 0.2) is 66.7 Å². The lowest BCUT2D eigenvalue weighted by atomic mass is 9.34. The molecule has 0 radical (unpaired) electrons. The van der Waals surface area contributed by atoms with Crippen molar-refractivity contribution in [1.82, 2.24) is 0 Å². The Bertz CT molecular complexity index is 1600. The van der Waals surface area contributed by atoms with Crippen LogP contribution in [0.25, 0.3) is 0 Å². The lowest BCUT2D eigenvalue weighted by Crippen LogP contribution is -2.55. The largest absolute Gasteiger partial charge is 0.487 e. The van der Waals surface area contributed by atoms with Crippen molar-refractivity contribution in [2.45, 2.75) is 41.5 Å². The summed E-state index contributed by atoms with van der Waals surface area (Å²) in [4.78, 5) is 0. The van der Waals surface area contributed by atoms with Gasteiger partial charge in [-0.3, -0.25) is 0 Å². The van der Waals surface area contributed by atoms with Crippen molar-refractivity contribution < 1.29 is 23.7 Å². The smallest absolute Gasteiger partial charge is 0.242 e. The van der Waals surface area contributed by atoms with E-state index in [9.17, 15) is 0 Å². The number of aryl methyl sites for hydroxylation is 6. The Hall–Kier alpha value is -4.02. The quantitative estimate of drug-likeness (QED) is 0.232. The minimum Gasteiger partial charge on any atom is -0.487 e. The van der Waals surface area contributed by atoms with Gasteiger partial charge in [0.1, 0.15) is 13.2 Å². The summed E-state index contributed by atoms with van der Waals surface area (Å²) in [7, 11) is 0. The Morgan fingerprint density at radius 3 is 1.37 bits per heavy atom. The third kappa shape index (κ3) is 8.62. The van der Waals surface area contributed by atoms with Gasteiger partial charge in [-0.2, -0.15) is 0 Å². The summed E-state index contributed by atoms with van der Waals surface area (Å²) in [5.41, 5.74) is 13.7. The molecule has 4 aromatic carbocycles. The number of ether oxygens (including phenoxy) is 5. The highest BCUT2D eigenvalue weighted by Crippen LogP contribution is 2.28. The molecule has 46 heavy (non-hydrogen) atoms. The second-order valence-electron chi connectivity index (χ2n) is 12.1. The summed E-state index contributed by atoms with van der Waals surface area (Å²) in [6.07, 6.45) is 0. The second kappa shape index (κ2) is 16.0. The zero-order chi connectivity index (χ0) is 32.5. The van der Waals surface area contributed by atoms with Crippen LogP contribution in [0.5, 0.6) is 11.5 Å². The molecule has 0 amide bonds. The predicted molar refractivity (Wildman–Crippen MR) is 188 cm³/mol. The van der Waals surface area contributed by atoms with Crippen LogP contribution < -0.4 is 25.9 Å². The Morgan fingerprint density at radius 2 is 0.870 bits per heavy atom. The molecule has 4 aromatic rings. The number of rotatable bonds is 3.